The molecule has 0 aromatic carbocycles. The molecule has 0 fully saturated rings. The fourth-order valence-electron chi connectivity index (χ4n) is 1.18. The van der Waals surface area contributed by atoms with Gasteiger partial charge < -0.3 is 9.47 Å². The van der Waals surface area contributed by atoms with Gasteiger partial charge in [0.1, 0.15) is 0 Å². The summed E-state index contributed by atoms with van der Waals surface area (Å²) in [5, 5.41) is 0. The van der Waals surface area contributed by atoms with E-state index in [0.29, 0.717) is 0 Å². The number of rotatable bonds is 2. The minimum absolute atomic E-state index is 0. The molecule has 0 radical (unpaired) electrons. The van der Waals surface area contributed by atoms with E-state index >= 15 is 0 Å². The predicted molar refractivity (Wildman–Crippen MR) is 119 cm³/mol. The van der Waals surface area contributed by atoms with E-state index in [2.05, 4.69) is 9.47 Å². The van der Waals surface area contributed by atoms with Crippen LogP contribution in [0.25, 0.3) is 0 Å². The Morgan fingerprint density at radius 3 is 0.742 bits per heavy atom. The molecule has 0 bridgehead atoms. The molecule has 0 rings (SSSR count). The Bertz CT molecular complexity index is 646. The SMILES string of the molecule is CC(C)(C)C(=O)OC(=O)C(=O)C(C)(C)C.CC(C)(C)C(=O)OC(=O)C(=O)C(C)(C)C.[SrH2]. The Balaban J connectivity index is -0.000000490. The Hall–Kier alpha value is -0.899. The zero-order valence-corrected chi connectivity index (χ0v) is 20.3. The van der Waals surface area contributed by atoms with E-state index in [1.165, 1.54) is 0 Å². The van der Waals surface area contributed by atoms with Gasteiger partial charge in [-0.25, -0.2) is 9.59 Å². The molecule has 0 spiro atoms. The molecule has 8 nitrogen and oxygen atoms in total. The molecule has 0 N–H and O–H groups in total. The normalized spacial score (nSPS) is 11.7. The van der Waals surface area contributed by atoms with Gasteiger partial charge in [0.15, 0.2) is 0 Å². The molecule has 0 saturated heterocycles. The topological polar surface area (TPSA) is 121 Å². The Kier molecular flexibility index (Phi) is 13.8. The van der Waals surface area contributed by atoms with Gasteiger partial charge in [0, 0.05) is 10.8 Å². The third-order valence-corrected chi connectivity index (χ3v) is 3.33. The van der Waals surface area contributed by atoms with Crippen molar-refractivity contribution in [1.82, 2.24) is 0 Å². The number of hydrogen-bond acceptors (Lipinski definition) is 8. The number of ether oxygens (including phenoxy) is 2. The van der Waals surface area contributed by atoms with Crippen LogP contribution in [0.5, 0.6) is 0 Å². The third kappa shape index (κ3) is 14.0. The van der Waals surface area contributed by atoms with E-state index in [1.54, 1.807) is 83.1 Å². The molecule has 0 atom stereocenters. The molecule has 0 aromatic heterocycles. The van der Waals surface area contributed by atoms with Crippen molar-refractivity contribution in [3.05, 3.63) is 0 Å². The van der Waals surface area contributed by atoms with Gasteiger partial charge in [0.25, 0.3) is 0 Å². The number of Topliss-reactive ketones (excluding diaryl/α,β-unsaturated/α-hetero) is 2. The van der Waals surface area contributed by atoms with Gasteiger partial charge in [0.2, 0.25) is 11.6 Å². The molecular formula is C22H38O8Sr. The van der Waals surface area contributed by atoms with Crippen molar-refractivity contribution in [2.24, 2.45) is 21.7 Å². The summed E-state index contributed by atoms with van der Waals surface area (Å²) in [6, 6.07) is 0. The van der Waals surface area contributed by atoms with Gasteiger partial charge >= 0.3 is 69.4 Å². The molecule has 0 amide bonds. The first kappa shape index (κ1) is 34.7. The standard InChI is InChI=1S/2C11H18O4.Sr.2H/c2*1-10(2,3)7(12)8(13)15-9(14)11(4,5)6;;;/h2*1-6H3;;;. The minimum atomic E-state index is -1.08. The van der Waals surface area contributed by atoms with Gasteiger partial charge in [-0.15, -0.1) is 0 Å². The fourth-order valence-corrected chi connectivity index (χ4v) is 1.18. The first-order valence-electron chi connectivity index (χ1n) is 9.54. The molecule has 0 unspecified atom stereocenters. The molecule has 0 aliphatic heterocycles. The van der Waals surface area contributed by atoms with Crippen molar-refractivity contribution in [1.29, 1.82) is 0 Å². The van der Waals surface area contributed by atoms with Crippen LogP contribution in [0.4, 0.5) is 0 Å². The summed E-state index contributed by atoms with van der Waals surface area (Å²) < 4.78 is 8.95. The van der Waals surface area contributed by atoms with Crippen LogP contribution in [0.15, 0.2) is 0 Å². The summed E-state index contributed by atoms with van der Waals surface area (Å²) in [5.41, 5.74) is -3.22. The average Bonchev–Trinajstić information content (AvgIpc) is 2.50. The van der Waals surface area contributed by atoms with E-state index in [0.717, 1.165) is 0 Å². The Morgan fingerprint density at radius 1 is 0.419 bits per heavy atom. The van der Waals surface area contributed by atoms with E-state index < -0.39 is 57.1 Å². The first-order chi connectivity index (χ1) is 12.9. The van der Waals surface area contributed by atoms with Crippen LogP contribution in [0.1, 0.15) is 83.1 Å². The maximum absolute atomic E-state index is 11.4. The second-order valence-corrected chi connectivity index (χ2v) is 11.0. The quantitative estimate of drug-likeness (QED) is 0.237. The van der Waals surface area contributed by atoms with Crippen LogP contribution in [0.2, 0.25) is 0 Å². The molecule has 0 aromatic rings. The van der Waals surface area contributed by atoms with Gasteiger partial charge in [-0.3, -0.25) is 19.2 Å². The number of esters is 4. The molecular weight excluding hydrogens is 480 g/mol. The maximum atomic E-state index is 11.4. The van der Waals surface area contributed by atoms with E-state index in [4.69, 9.17) is 0 Å². The molecule has 176 valence electrons. The van der Waals surface area contributed by atoms with Crippen LogP contribution in [-0.2, 0) is 38.2 Å². The van der Waals surface area contributed by atoms with Crippen molar-refractivity contribution in [3.8, 4) is 0 Å². The van der Waals surface area contributed by atoms with E-state index in [-0.39, 0.29) is 45.5 Å². The fraction of sp³-hybridized carbons (Fsp3) is 0.727. The summed E-state index contributed by atoms with van der Waals surface area (Å²) in [7, 11) is 0. The van der Waals surface area contributed by atoms with Gasteiger partial charge in [-0.05, 0) is 41.5 Å². The zero-order valence-electron chi connectivity index (χ0n) is 20.3. The third-order valence-electron chi connectivity index (χ3n) is 3.33. The van der Waals surface area contributed by atoms with Crippen LogP contribution >= 0.6 is 0 Å². The van der Waals surface area contributed by atoms with Crippen LogP contribution in [-0.4, -0.2) is 80.9 Å². The summed E-state index contributed by atoms with van der Waals surface area (Å²) in [6.45, 7) is 19.3. The summed E-state index contributed by atoms with van der Waals surface area (Å²) in [4.78, 5) is 67.9. The number of ketones is 2. The first-order valence-corrected chi connectivity index (χ1v) is 9.54. The summed E-state index contributed by atoms with van der Waals surface area (Å²) >= 11 is 0. The Labute approximate surface area is 222 Å². The van der Waals surface area contributed by atoms with Crippen LogP contribution < -0.4 is 0 Å². The molecule has 0 aliphatic rings. The molecule has 31 heavy (non-hydrogen) atoms. The van der Waals surface area contributed by atoms with Gasteiger partial charge in [0.05, 0.1) is 10.8 Å². The van der Waals surface area contributed by atoms with Crippen molar-refractivity contribution in [2.45, 2.75) is 83.1 Å². The molecule has 0 saturated carbocycles. The predicted octanol–water partition coefficient (Wildman–Crippen LogP) is 2.52. The second kappa shape index (κ2) is 12.4. The van der Waals surface area contributed by atoms with Crippen LogP contribution in [0.3, 0.4) is 0 Å². The van der Waals surface area contributed by atoms with Crippen molar-refractivity contribution >= 4 is 80.9 Å². The monoisotopic (exact) mass is 518 g/mol. The van der Waals surface area contributed by atoms with E-state index in [1.807, 2.05) is 0 Å². The number of hydrogen-bond donors (Lipinski definition) is 0. The van der Waals surface area contributed by atoms with Crippen molar-refractivity contribution in [3.63, 3.8) is 0 Å². The summed E-state index contributed by atoms with van der Waals surface area (Å²) in [6.07, 6.45) is 0. The Morgan fingerprint density at radius 2 is 0.613 bits per heavy atom. The number of carbonyl (C=O) groups excluding carboxylic acids is 6. The molecule has 9 heteroatoms. The molecule has 0 aliphatic carbocycles. The van der Waals surface area contributed by atoms with Gasteiger partial charge in [-0.2, -0.15) is 0 Å². The van der Waals surface area contributed by atoms with Crippen LogP contribution in [0, 0.1) is 21.7 Å². The zero-order chi connectivity index (χ0) is 24.9. The van der Waals surface area contributed by atoms with Gasteiger partial charge in [-0.1, -0.05) is 41.5 Å². The second-order valence-electron chi connectivity index (χ2n) is 11.0. The number of carbonyl (C=O) groups is 6. The van der Waals surface area contributed by atoms with E-state index in [9.17, 15) is 28.8 Å². The van der Waals surface area contributed by atoms with Crippen molar-refractivity contribution in [2.75, 3.05) is 0 Å². The average molecular weight is 518 g/mol. The van der Waals surface area contributed by atoms with Crippen molar-refractivity contribution < 1.29 is 38.2 Å². The summed E-state index contributed by atoms with van der Waals surface area (Å²) in [5.74, 6) is -4.93. The molecule has 0 heterocycles.